The first-order chi connectivity index (χ1) is 22.0. The molecule has 2 aromatic rings. The van der Waals surface area contributed by atoms with E-state index < -0.39 is 12.0 Å². The van der Waals surface area contributed by atoms with Crippen LogP contribution in [-0.2, 0) is 19.1 Å². The number of H-pyrrole nitrogens is 1. The summed E-state index contributed by atoms with van der Waals surface area (Å²) in [5.41, 5.74) is 0.388. The molecular formula is C35H47N5O5. The van der Waals surface area contributed by atoms with E-state index in [2.05, 4.69) is 88.0 Å². The summed E-state index contributed by atoms with van der Waals surface area (Å²) < 4.78 is 13.1. The molecular weight excluding hydrogens is 570 g/mol. The lowest BCUT2D eigenvalue weighted by Gasteiger charge is -2.17. The Morgan fingerprint density at radius 2 is 1.56 bits per heavy atom. The van der Waals surface area contributed by atoms with Gasteiger partial charge < -0.3 is 19.8 Å². The molecule has 1 aliphatic heterocycles. The standard InChI is InChI=1S/C35H47N5O5/c1-3-4-5-6-7-8-9-10-11-12-13-14-15-16-17-18-19-20-21-22-30(41)39-28(2)35(43)44-25-29-23-24-31(45-29)40-27-38-32-33(40)36-26-37-34(32)42/h4-5,7-8,10-11,13-14,16-17,19-20,26-29,31H,3,6,9,12,15,18,21-25H2,1-2H3,(H,39,41)(H,36,37,42)/t28-,29-,31+/m0/s1. The van der Waals surface area contributed by atoms with Crippen LogP contribution in [-0.4, -0.2) is 50.1 Å². The summed E-state index contributed by atoms with van der Waals surface area (Å²) in [4.78, 5) is 47.4. The molecule has 2 N–H and O–H groups in total. The van der Waals surface area contributed by atoms with Crippen LogP contribution >= 0.6 is 0 Å². The van der Waals surface area contributed by atoms with Gasteiger partial charge >= 0.3 is 5.97 Å². The van der Waals surface area contributed by atoms with Crippen LogP contribution in [0.5, 0.6) is 0 Å². The van der Waals surface area contributed by atoms with Crippen LogP contribution < -0.4 is 10.9 Å². The zero-order valence-corrected chi connectivity index (χ0v) is 26.5. The minimum absolute atomic E-state index is 0.0781. The summed E-state index contributed by atoms with van der Waals surface area (Å²) >= 11 is 0. The molecule has 0 aliphatic carbocycles. The van der Waals surface area contributed by atoms with Crippen LogP contribution in [0.25, 0.3) is 11.2 Å². The molecule has 45 heavy (non-hydrogen) atoms. The van der Waals surface area contributed by atoms with Gasteiger partial charge in [-0.15, -0.1) is 0 Å². The maximum atomic E-state index is 12.4. The largest absolute Gasteiger partial charge is 0.461 e. The molecule has 0 saturated carbocycles. The van der Waals surface area contributed by atoms with Crippen LogP contribution in [0.15, 0.2) is 90.4 Å². The smallest absolute Gasteiger partial charge is 0.328 e. The van der Waals surface area contributed by atoms with Gasteiger partial charge in [-0.2, -0.15) is 0 Å². The number of amides is 1. The van der Waals surface area contributed by atoms with E-state index in [9.17, 15) is 14.4 Å². The zero-order valence-electron chi connectivity index (χ0n) is 26.5. The summed E-state index contributed by atoms with van der Waals surface area (Å²) in [6.07, 6.45) is 35.9. The monoisotopic (exact) mass is 617 g/mol. The number of ether oxygens (including phenoxy) is 2. The van der Waals surface area contributed by atoms with Crippen molar-refractivity contribution in [3.63, 3.8) is 0 Å². The van der Waals surface area contributed by atoms with E-state index in [4.69, 9.17) is 9.47 Å². The van der Waals surface area contributed by atoms with Gasteiger partial charge in [0.2, 0.25) is 5.91 Å². The number of carbonyl (C=O) groups excluding carboxylic acids is 2. The third-order valence-electron chi connectivity index (χ3n) is 7.04. The molecule has 2 aromatic heterocycles. The van der Waals surface area contributed by atoms with E-state index >= 15 is 0 Å². The molecule has 10 heteroatoms. The predicted octanol–water partition coefficient (Wildman–Crippen LogP) is 6.32. The lowest BCUT2D eigenvalue weighted by atomic mass is 10.2. The summed E-state index contributed by atoms with van der Waals surface area (Å²) in [6.45, 7) is 3.83. The fourth-order valence-corrected chi connectivity index (χ4v) is 4.61. The molecule has 3 heterocycles. The second kappa shape index (κ2) is 20.6. The topological polar surface area (TPSA) is 128 Å². The van der Waals surface area contributed by atoms with Crippen molar-refractivity contribution < 1.29 is 19.1 Å². The van der Waals surface area contributed by atoms with Gasteiger partial charge in [-0.05, 0) is 64.7 Å². The van der Waals surface area contributed by atoms with Crippen molar-refractivity contribution in [1.82, 2.24) is 24.8 Å². The normalized spacial score (nSPS) is 18.2. The Balaban J connectivity index is 1.20. The molecule has 1 aliphatic rings. The highest BCUT2D eigenvalue weighted by Crippen LogP contribution is 2.30. The fraction of sp³-hybridized carbons (Fsp3) is 0.457. The molecule has 3 rings (SSSR count). The quantitative estimate of drug-likeness (QED) is 0.139. The van der Waals surface area contributed by atoms with Gasteiger partial charge in [0.15, 0.2) is 11.2 Å². The number of rotatable bonds is 19. The highest BCUT2D eigenvalue weighted by Gasteiger charge is 2.30. The first-order valence-electron chi connectivity index (χ1n) is 15.9. The van der Waals surface area contributed by atoms with Crippen molar-refractivity contribution in [2.45, 2.75) is 96.4 Å². The first kappa shape index (κ1) is 35.2. The number of aromatic nitrogens is 4. The van der Waals surface area contributed by atoms with Gasteiger partial charge in [0.05, 0.1) is 18.8 Å². The maximum absolute atomic E-state index is 12.4. The van der Waals surface area contributed by atoms with E-state index in [-0.39, 0.29) is 35.9 Å². The van der Waals surface area contributed by atoms with Crippen LogP contribution in [0, 0.1) is 0 Å². The Morgan fingerprint density at radius 3 is 2.18 bits per heavy atom. The summed E-state index contributed by atoms with van der Waals surface area (Å²) in [5.74, 6) is -0.712. The second-order valence-corrected chi connectivity index (χ2v) is 10.7. The fourth-order valence-electron chi connectivity index (χ4n) is 4.61. The third-order valence-corrected chi connectivity index (χ3v) is 7.04. The van der Waals surface area contributed by atoms with Gasteiger partial charge in [-0.3, -0.25) is 14.2 Å². The summed E-state index contributed by atoms with van der Waals surface area (Å²) in [6, 6.07) is -0.756. The average Bonchev–Trinajstić information content (AvgIpc) is 3.69. The number of allylic oxidation sites excluding steroid dienone is 12. The van der Waals surface area contributed by atoms with Crippen molar-refractivity contribution in [3.8, 4) is 0 Å². The Morgan fingerprint density at radius 1 is 0.956 bits per heavy atom. The highest BCUT2D eigenvalue weighted by atomic mass is 16.6. The van der Waals surface area contributed by atoms with Crippen molar-refractivity contribution in [3.05, 3.63) is 95.9 Å². The molecule has 0 aromatic carbocycles. The minimum Gasteiger partial charge on any atom is -0.461 e. The number of carbonyl (C=O) groups is 2. The average molecular weight is 618 g/mol. The van der Waals surface area contributed by atoms with E-state index in [1.165, 1.54) is 12.7 Å². The SMILES string of the molecule is CCC=CCC=CCC=CCC=CCC=CCC=CCCC(=O)N[C@@H](C)C(=O)OC[C@@H]1CC[C@H](n2cnc3c(=O)[nH]cnc32)O1. The lowest BCUT2D eigenvalue weighted by Crippen LogP contribution is -2.40. The predicted molar refractivity (Wildman–Crippen MR) is 177 cm³/mol. The zero-order chi connectivity index (χ0) is 32.1. The molecule has 10 nitrogen and oxygen atoms in total. The number of hydrogen-bond donors (Lipinski definition) is 2. The molecule has 1 fully saturated rings. The summed E-state index contributed by atoms with van der Waals surface area (Å²) in [5, 5.41) is 2.70. The molecule has 0 bridgehead atoms. The molecule has 1 saturated heterocycles. The molecule has 0 spiro atoms. The van der Waals surface area contributed by atoms with E-state index in [0.29, 0.717) is 31.3 Å². The first-order valence-corrected chi connectivity index (χ1v) is 15.9. The van der Waals surface area contributed by atoms with Crippen molar-refractivity contribution in [1.29, 1.82) is 0 Å². The van der Waals surface area contributed by atoms with E-state index in [1.54, 1.807) is 11.5 Å². The number of hydrogen-bond acceptors (Lipinski definition) is 7. The highest BCUT2D eigenvalue weighted by molar-refractivity contribution is 5.84. The second-order valence-electron chi connectivity index (χ2n) is 10.7. The number of aromatic amines is 1. The molecule has 3 atom stereocenters. The van der Waals surface area contributed by atoms with Gasteiger partial charge in [0.1, 0.15) is 18.9 Å². The Hall–Kier alpha value is -4.31. The van der Waals surface area contributed by atoms with E-state index in [0.717, 1.165) is 38.5 Å². The molecule has 242 valence electrons. The van der Waals surface area contributed by atoms with Gasteiger partial charge in [0, 0.05) is 6.42 Å². The number of esters is 1. The van der Waals surface area contributed by atoms with Crippen LogP contribution in [0.3, 0.4) is 0 Å². The maximum Gasteiger partial charge on any atom is 0.328 e. The Labute approximate surface area is 265 Å². The van der Waals surface area contributed by atoms with Gasteiger partial charge in [-0.25, -0.2) is 14.8 Å². The van der Waals surface area contributed by atoms with Crippen molar-refractivity contribution in [2.24, 2.45) is 0 Å². The number of nitrogens with zero attached hydrogens (tertiary/aromatic N) is 3. The summed E-state index contributed by atoms with van der Waals surface area (Å²) in [7, 11) is 0. The van der Waals surface area contributed by atoms with Crippen molar-refractivity contribution in [2.75, 3.05) is 6.61 Å². The van der Waals surface area contributed by atoms with Crippen LogP contribution in [0.2, 0.25) is 0 Å². The number of imidazole rings is 1. The van der Waals surface area contributed by atoms with Gasteiger partial charge in [0.25, 0.3) is 5.56 Å². The Bertz CT molecular complexity index is 1430. The number of fused-ring (bicyclic) bond motifs is 1. The van der Waals surface area contributed by atoms with E-state index in [1.807, 2.05) is 12.2 Å². The minimum atomic E-state index is -0.756. The number of nitrogens with one attached hydrogen (secondary N) is 2. The third kappa shape index (κ3) is 13.1. The van der Waals surface area contributed by atoms with Crippen LogP contribution in [0.1, 0.15) is 84.3 Å². The Kier molecular flexibility index (Phi) is 16.1. The lowest BCUT2D eigenvalue weighted by molar-refractivity contribution is -0.151. The van der Waals surface area contributed by atoms with Crippen molar-refractivity contribution >= 4 is 23.0 Å². The van der Waals surface area contributed by atoms with Crippen LogP contribution in [0.4, 0.5) is 0 Å². The molecule has 0 unspecified atom stereocenters. The van der Waals surface area contributed by atoms with Gasteiger partial charge in [-0.1, -0.05) is 79.8 Å². The molecule has 1 amide bonds. The molecule has 0 radical (unpaired) electrons.